The van der Waals surface area contributed by atoms with Gasteiger partial charge in [-0.05, 0) is 42.5 Å². The maximum Gasteiger partial charge on any atom is 0.416 e. The number of carbonyl (C=O) groups excluding carboxylic acids is 1. The molecule has 30 heavy (non-hydrogen) atoms. The van der Waals surface area contributed by atoms with Crippen molar-refractivity contribution in [2.24, 2.45) is 0 Å². The largest absolute Gasteiger partial charge is 0.436 e. The monoisotopic (exact) mass is 412 g/mol. The van der Waals surface area contributed by atoms with Gasteiger partial charge in [0.05, 0.1) is 24.0 Å². The van der Waals surface area contributed by atoms with Gasteiger partial charge in [0.2, 0.25) is 5.89 Å². The highest BCUT2D eigenvalue weighted by Gasteiger charge is 2.30. The predicted molar refractivity (Wildman–Crippen MR) is 102 cm³/mol. The Morgan fingerprint density at radius 1 is 1.10 bits per heavy atom. The molecule has 0 radical (unpaired) electrons. The molecule has 2 aromatic heterocycles. The molecule has 0 unspecified atom stereocenters. The molecule has 0 atom stereocenters. The van der Waals surface area contributed by atoms with E-state index in [0.29, 0.717) is 34.5 Å². The molecule has 6 nitrogen and oxygen atoms in total. The molecule has 0 aliphatic heterocycles. The van der Waals surface area contributed by atoms with E-state index in [9.17, 15) is 18.0 Å². The summed E-state index contributed by atoms with van der Waals surface area (Å²) in [6.07, 6.45) is 0.281. The molecule has 1 amide bonds. The van der Waals surface area contributed by atoms with E-state index in [4.69, 9.17) is 4.42 Å². The van der Waals surface area contributed by atoms with Crippen molar-refractivity contribution in [1.29, 1.82) is 0 Å². The molecule has 4 rings (SSSR count). The molecule has 0 aliphatic carbocycles. The number of carbonyl (C=O) groups is 1. The zero-order chi connectivity index (χ0) is 21.3. The second-order valence-corrected chi connectivity index (χ2v) is 6.63. The lowest BCUT2D eigenvalue weighted by Crippen LogP contribution is -2.26. The van der Waals surface area contributed by atoms with Gasteiger partial charge in [0.15, 0.2) is 5.58 Å². The summed E-state index contributed by atoms with van der Waals surface area (Å²) in [6.45, 7) is 0.292. The Morgan fingerprint density at radius 3 is 2.53 bits per heavy atom. The molecule has 2 heterocycles. The molecule has 0 aliphatic rings. The molecule has 2 aromatic carbocycles. The van der Waals surface area contributed by atoms with E-state index in [1.807, 2.05) is 0 Å². The zero-order valence-electron chi connectivity index (χ0n) is 15.7. The van der Waals surface area contributed by atoms with Gasteiger partial charge >= 0.3 is 6.18 Å². The minimum absolute atomic E-state index is 0.177. The summed E-state index contributed by atoms with van der Waals surface area (Å²) in [6, 6.07) is 9.35. The molecule has 0 saturated heterocycles. The summed E-state index contributed by atoms with van der Waals surface area (Å²) in [4.78, 5) is 26.7. The summed E-state index contributed by atoms with van der Waals surface area (Å²) in [7, 11) is 1.65. The Hall–Kier alpha value is -3.75. The Balaban J connectivity index is 1.57. The highest BCUT2D eigenvalue weighted by Crippen LogP contribution is 2.31. The van der Waals surface area contributed by atoms with Crippen LogP contribution in [0, 0.1) is 0 Å². The van der Waals surface area contributed by atoms with E-state index in [1.165, 1.54) is 17.0 Å². The lowest BCUT2D eigenvalue weighted by Gasteiger charge is -2.16. The number of amides is 1. The first-order chi connectivity index (χ1) is 14.3. The van der Waals surface area contributed by atoms with Gasteiger partial charge in [0.1, 0.15) is 5.52 Å². The third-order valence-electron chi connectivity index (χ3n) is 4.46. The fraction of sp³-hybridized carbons (Fsp3) is 0.143. The van der Waals surface area contributed by atoms with Gasteiger partial charge in [-0.3, -0.25) is 14.8 Å². The normalized spacial score (nSPS) is 11.6. The van der Waals surface area contributed by atoms with Gasteiger partial charge < -0.3 is 9.32 Å². The van der Waals surface area contributed by atoms with Gasteiger partial charge in [-0.25, -0.2) is 4.98 Å². The van der Waals surface area contributed by atoms with Gasteiger partial charge in [0, 0.05) is 30.6 Å². The molecule has 0 bridgehead atoms. The maximum absolute atomic E-state index is 12.7. The average molecular weight is 412 g/mol. The highest BCUT2D eigenvalue weighted by molar-refractivity contribution is 5.97. The number of fused-ring (bicyclic) bond motifs is 1. The lowest BCUT2D eigenvalue weighted by molar-refractivity contribution is -0.137. The van der Waals surface area contributed by atoms with Crippen molar-refractivity contribution >= 4 is 17.0 Å². The quantitative estimate of drug-likeness (QED) is 0.491. The number of nitrogens with zero attached hydrogens (tertiary/aromatic N) is 4. The number of rotatable bonds is 4. The first kappa shape index (κ1) is 19.6. The van der Waals surface area contributed by atoms with Gasteiger partial charge in [-0.15, -0.1) is 0 Å². The molecule has 4 aromatic rings. The third-order valence-corrected chi connectivity index (χ3v) is 4.46. The van der Waals surface area contributed by atoms with Crippen LogP contribution in [-0.4, -0.2) is 32.8 Å². The van der Waals surface area contributed by atoms with Crippen LogP contribution >= 0.6 is 0 Å². The third kappa shape index (κ3) is 4.00. The number of benzene rings is 2. The van der Waals surface area contributed by atoms with Crippen LogP contribution in [0.4, 0.5) is 13.2 Å². The number of hydrogen-bond acceptors (Lipinski definition) is 5. The van der Waals surface area contributed by atoms with E-state index in [1.54, 1.807) is 43.8 Å². The van der Waals surface area contributed by atoms with Crippen LogP contribution in [0.15, 0.2) is 65.5 Å². The number of oxazole rings is 1. The van der Waals surface area contributed by atoms with Crippen molar-refractivity contribution in [2.45, 2.75) is 12.7 Å². The average Bonchev–Trinajstić information content (AvgIpc) is 3.17. The number of aromatic nitrogens is 3. The molecule has 9 heteroatoms. The second kappa shape index (κ2) is 7.58. The van der Waals surface area contributed by atoms with E-state index in [0.717, 1.165) is 12.1 Å². The van der Waals surface area contributed by atoms with Crippen LogP contribution in [0.5, 0.6) is 0 Å². The molecule has 152 valence electrons. The summed E-state index contributed by atoms with van der Waals surface area (Å²) in [5.41, 5.74) is 1.58. The molecular formula is C21H15F3N4O2. The van der Waals surface area contributed by atoms with Crippen molar-refractivity contribution < 1.29 is 22.4 Å². The summed E-state index contributed by atoms with van der Waals surface area (Å²) in [5, 5.41) is 0. The first-order valence-electron chi connectivity index (χ1n) is 8.90. The Kier molecular flexibility index (Phi) is 4.94. The van der Waals surface area contributed by atoms with E-state index in [-0.39, 0.29) is 11.8 Å². The summed E-state index contributed by atoms with van der Waals surface area (Å²) < 4.78 is 43.8. The number of hydrogen-bond donors (Lipinski definition) is 0. The van der Waals surface area contributed by atoms with Crippen LogP contribution < -0.4 is 0 Å². The molecule has 0 fully saturated rings. The van der Waals surface area contributed by atoms with Crippen LogP contribution in [0.3, 0.4) is 0 Å². The van der Waals surface area contributed by atoms with Gasteiger partial charge in [0.25, 0.3) is 5.91 Å². The van der Waals surface area contributed by atoms with Crippen LogP contribution in [0.2, 0.25) is 0 Å². The van der Waals surface area contributed by atoms with Crippen LogP contribution in [0.1, 0.15) is 21.6 Å². The van der Waals surface area contributed by atoms with Crippen LogP contribution in [0.25, 0.3) is 22.6 Å². The minimum Gasteiger partial charge on any atom is -0.436 e. The lowest BCUT2D eigenvalue weighted by atomic mass is 10.1. The van der Waals surface area contributed by atoms with Crippen molar-refractivity contribution in [1.82, 2.24) is 19.9 Å². The molecule has 0 N–H and O–H groups in total. The molecule has 0 saturated carbocycles. The van der Waals surface area contributed by atoms with Gasteiger partial charge in [-0.1, -0.05) is 0 Å². The SMILES string of the molecule is CN(Cc1cnccn1)C(=O)c1ccc2oc(-c3ccc(C(F)(F)F)cc3)nc2c1. The number of halogens is 3. The summed E-state index contributed by atoms with van der Waals surface area (Å²) >= 11 is 0. The topological polar surface area (TPSA) is 72.1 Å². The van der Waals surface area contributed by atoms with E-state index in [2.05, 4.69) is 15.0 Å². The minimum atomic E-state index is -4.41. The zero-order valence-corrected chi connectivity index (χ0v) is 15.7. The Labute approximate surface area is 169 Å². The van der Waals surface area contributed by atoms with Crippen molar-refractivity contribution in [3.8, 4) is 11.5 Å². The fourth-order valence-corrected chi connectivity index (χ4v) is 2.93. The first-order valence-corrected chi connectivity index (χ1v) is 8.90. The van der Waals surface area contributed by atoms with Crippen molar-refractivity contribution in [3.05, 3.63) is 77.9 Å². The second-order valence-electron chi connectivity index (χ2n) is 6.63. The standard InChI is InChI=1S/C21H15F3N4O2/c1-28(12-16-11-25-8-9-26-16)20(29)14-4-7-18-17(10-14)27-19(30-18)13-2-5-15(6-3-13)21(22,23)24/h2-11H,12H2,1H3. The van der Waals surface area contributed by atoms with Crippen molar-refractivity contribution in [3.63, 3.8) is 0 Å². The van der Waals surface area contributed by atoms with E-state index < -0.39 is 11.7 Å². The van der Waals surface area contributed by atoms with E-state index >= 15 is 0 Å². The van der Waals surface area contributed by atoms with Crippen molar-refractivity contribution in [2.75, 3.05) is 7.05 Å². The van der Waals surface area contributed by atoms with Gasteiger partial charge in [-0.2, -0.15) is 13.2 Å². The fourth-order valence-electron chi connectivity index (χ4n) is 2.93. The highest BCUT2D eigenvalue weighted by atomic mass is 19.4. The summed E-state index contributed by atoms with van der Waals surface area (Å²) in [5.74, 6) is -0.0575. The molecular weight excluding hydrogens is 397 g/mol. The Morgan fingerprint density at radius 2 is 1.87 bits per heavy atom. The predicted octanol–water partition coefficient (Wildman–Crippen LogP) is 4.58. The number of alkyl halides is 3. The molecule has 0 spiro atoms. The maximum atomic E-state index is 12.7. The Bertz CT molecular complexity index is 1190. The smallest absolute Gasteiger partial charge is 0.416 e. The van der Waals surface area contributed by atoms with Crippen LogP contribution in [-0.2, 0) is 12.7 Å².